The third-order valence-corrected chi connectivity index (χ3v) is 6.54. The highest BCUT2D eigenvalue weighted by Gasteiger charge is 2.44. The molecular formula is C22H24N6O4. The predicted molar refractivity (Wildman–Crippen MR) is 113 cm³/mol. The number of hydrogen-bond acceptors (Lipinski definition) is 7. The fourth-order valence-electron chi connectivity index (χ4n) is 4.93. The van der Waals surface area contributed by atoms with E-state index in [0.717, 1.165) is 42.0 Å². The number of aromatic amines is 1. The molecule has 4 N–H and O–H groups in total. The molecule has 2 fully saturated rings. The number of nitrogens with one attached hydrogen (secondary N) is 2. The normalized spacial score (nSPS) is 24.1. The van der Waals surface area contributed by atoms with Crippen LogP contribution in [0.2, 0.25) is 0 Å². The minimum Gasteiger partial charge on any atom is -0.396 e. The Morgan fingerprint density at radius 1 is 1.03 bits per heavy atom. The van der Waals surface area contributed by atoms with Gasteiger partial charge in [0.25, 0.3) is 11.8 Å². The number of imide groups is 2. The summed E-state index contributed by atoms with van der Waals surface area (Å²) in [4.78, 5) is 52.9. The van der Waals surface area contributed by atoms with Crippen LogP contribution in [0.3, 0.4) is 0 Å². The van der Waals surface area contributed by atoms with Gasteiger partial charge in [0.2, 0.25) is 11.8 Å². The van der Waals surface area contributed by atoms with Crippen molar-refractivity contribution >= 4 is 29.3 Å². The molecule has 2 aromatic rings. The third kappa shape index (κ3) is 3.36. The summed E-state index contributed by atoms with van der Waals surface area (Å²) in [5, 5.41) is 9.27. The van der Waals surface area contributed by atoms with E-state index in [2.05, 4.69) is 20.4 Å². The van der Waals surface area contributed by atoms with Gasteiger partial charge in [-0.05, 0) is 43.5 Å². The highest BCUT2D eigenvalue weighted by molar-refractivity contribution is 6.23. The lowest BCUT2D eigenvalue weighted by Crippen LogP contribution is -2.54. The van der Waals surface area contributed by atoms with E-state index in [9.17, 15) is 19.2 Å². The number of piperidine rings is 2. The van der Waals surface area contributed by atoms with Crippen LogP contribution in [0.5, 0.6) is 0 Å². The van der Waals surface area contributed by atoms with Crippen LogP contribution in [0, 0.1) is 0 Å². The lowest BCUT2D eigenvalue weighted by molar-refractivity contribution is -0.136. The summed E-state index contributed by atoms with van der Waals surface area (Å²) in [5.41, 5.74) is 9.11. The van der Waals surface area contributed by atoms with Crippen LogP contribution in [0.15, 0.2) is 24.4 Å². The molecule has 10 heteroatoms. The van der Waals surface area contributed by atoms with Gasteiger partial charge in [0.05, 0.1) is 34.7 Å². The first-order valence-electron chi connectivity index (χ1n) is 10.8. The molecule has 4 amide bonds. The third-order valence-electron chi connectivity index (χ3n) is 6.54. The molecule has 166 valence electrons. The van der Waals surface area contributed by atoms with Gasteiger partial charge in [0.15, 0.2) is 0 Å². The van der Waals surface area contributed by atoms with Crippen LogP contribution in [-0.2, 0) is 16.1 Å². The first-order chi connectivity index (χ1) is 15.4. The standard InChI is InChI=1S/C22H24N6O4/c23-15-10-24-26-19(15)16-3-1-2-8-27(16)11-12-4-5-13-14(9-12)22(32)28(21(13)31)17-6-7-18(29)25-20(17)30/h4-5,9-10,16-17H,1-3,6-8,11,23H2,(H,24,26)(H,25,29,30). The van der Waals surface area contributed by atoms with Crippen molar-refractivity contribution in [1.29, 1.82) is 0 Å². The molecular weight excluding hydrogens is 412 g/mol. The fraction of sp³-hybridized carbons (Fsp3) is 0.409. The second-order valence-electron chi connectivity index (χ2n) is 8.55. The van der Waals surface area contributed by atoms with Gasteiger partial charge >= 0.3 is 0 Å². The van der Waals surface area contributed by atoms with E-state index >= 15 is 0 Å². The van der Waals surface area contributed by atoms with Gasteiger partial charge in [0, 0.05) is 13.0 Å². The van der Waals surface area contributed by atoms with Gasteiger partial charge in [0.1, 0.15) is 6.04 Å². The van der Waals surface area contributed by atoms with Gasteiger partial charge < -0.3 is 5.73 Å². The Bertz CT molecular complexity index is 1130. The molecule has 0 bridgehead atoms. The minimum atomic E-state index is -0.960. The summed E-state index contributed by atoms with van der Waals surface area (Å²) >= 11 is 0. The van der Waals surface area contributed by atoms with Gasteiger partial charge in [-0.3, -0.25) is 39.4 Å². The molecule has 3 aliphatic heterocycles. The molecule has 0 aliphatic carbocycles. The maximum Gasteiger partial charge on any atom is 0.262 e. The maximum absolute atomic E-state index is 13.1. The van der Waals surface area contributed by atoms with Crippen LogP contribution < -0.4 is 11.1 Å². The first-order valence-corrected chi connectivity index (χ1v) is 10.8. The second-order valence-corrected chi connectivity index (χ2v) is 8.55. The first kappa shape index (κ1) is 20.4. The van der Waals surface area contributed by atoms with E-state index in [4.69, 9.17) is 5.73 Å². The molecule has 3 aliphatic rings. The van der Waals surface area contributed by atoms with Crippen LogP contribution in [0.4, 0.5) is 5.69 Å². The van der Waals surface area contributed by atoms with Crippen molar-refractivity contribution in [2.45, 2.75) is 50.7 Å². The lowest BCUT2D eigenvalue weighted by Gasteiger charge is -2.35. The number of aromatic nitrogens is 2. The molecule has 2 saturated heterocycles. The van der Waals surface area contributed by atoms with E-state index in [0.29, 0.717) is 17.8 Å². The van der Waals surface area contributed by atoms with E-state index < -0.39 is 23.8 Å². The molecule has 32 heavy (non-hydrogen) atoms. The minimum absolute atomic E-state index is 0.0993. The van der Waals surface area contributed by atoms with Crippen molar-refractivity contribution in [2.24, 2.45) is 0 Å². The van der Waals surface area contributed by atoms with Gasteiger partial charge in [-0.1, -0.05) is 12.5 Å². The molecule has 0 spiro atoms. The van der Waals surface area contributed by atoms with E-state index in [1.807, 2.05) is 6.07 Å². The summed E-state index contributed by atoms with van der Waals surface area (Å²) in [6, 6.07) is 4.39. The number of amides is 4. The zero-order valence-electron chi connectivity index (χ0n) is 17.5. The second kappa shape index (κ2) is 7.86. The summed E-state index contributed by atoms with van der Waals surface area (Å²) in [6.45, 7) is 1.48. The number of rotatable bonds is 4. The maximum atomic E-state index is 13.1. The summed E-state index contributed by atoms with van der Waals surface area (Å²) in [5.74, 6) is -1.98. The summed E-state index contributed by atoms with van der Waals surface area (Å²) in [7, 11) is 0. The van der Waals surface area contributed by atoms with Gasteiger partial charge in [-0.2, -0.15) is 5.10 Å². The Kier molecular flexibility index (Phi) is 5.01. The number of anilines is 1. The van der Waals surface area contributed by atoms with Crippen molar-refractivity contribution in [3.05, 3.63) is 46.8 Å². The van der Waals surface area contributed by atoms with Crippen molar-refractivity contribution in [2.75, 3.05) is 12.3 Å². The average molecular weight is 436 g/mol. The highest BCUT2D eigenvalue weighted by Crippen LogP contribution is 2.34. The number of fused-ring (bicyclic) bond motifs is 1. The van der Waals surface area contributed by atoms with Crippen molar-refractivity contribution in [1.82, 2.24) is 25.3 Å². The highest BCUT2D eigenvalue weighted by atomic mass is 16.2. The van der Waals surface area contributed by atoms with Crippen molar-refractivity contribution < 1.29 is 19.2 Å². The molecule has 0 radical (unpaired) electrons. The van der Waals surface area contributed by atoms with E-state index in [-0.39, 0.29) is 30.4 Å². The number of nitrogen functional groups attached to an aromatic ring is 1. The molecule has 1 aromatic carbocycles. The number of carbonyl (C=O) groups is 4. The van der Waals surface area contributed by atoms with Crippen LogP contribution in [-0.4, -0.2) is 56.2 Å². The van der Waals surface area contributed by atoms with Gasteiger partial charge in [-0.15, -0.1) is 0 Å². The van der Waals surface area contributed by atoms with Gasteiger partial charge in [-0.25, -0.2) is 0 Å². The van der Waals surface area contributed by atoms with E-state index in [1.54, 1.807) is 18.3 Å². The number of likely N-dealkylation sites (tertiary alicyclic amines) is 1. The number of nitrogens with two attached hydrogens (primary N) is 1. The number of H-pyrrole nitrogens is 1. The van der Waals surface area contributed by atoms with Crippen LogP contribution in [0.25, 0.3) is 0 Å². The Balaban J connectivity index is 1.38. The van der Waals surface area contributed by atoms with Crippen molar-refractivity contribution in [3.63, 3.8) is 0 Å². The number of benzene rings is 1. The Morgan fingerprint density at radius 3 is 2.59 bits per heavy atom. The topological polar surface area (TPSA) is 141 Å². The number of nitrogens with zero attached hydrogens (tertiary/aromatic N) is 3. The predicted octanol–water partition coefficient (Wildman–Crippen LogP) is 1.12. The molecule has 5 rings (SSSR count). The quantitative estimate of drug-likeness (QED) is 0.610. The molecule has 4 heterocycles. The smallest absolute Gasteiger partial charge is 0.262 e. The SMILES string of the molecule is Nc1cn[nH]c1C1CCCCN1Cc1ccc2c(c1)C(=O)N(C1CCC(=O)NC1=O)C2=O. The van der Waals surface area contributed by atoms with Crippen LogP contribution >= 0.6 is 0 Å². The molecule has 2 unspecified atom stereocenters. The van der Waals surface area contributed by atoms with Crippen LogP contribution in [0.1, 0.15) is 70.1 Å². The zero-order chi connectivity index (χ0) is 22.4. The largest absolute Gasteiger partial charge is 0.396 e. The average Bonchev–Trinajstić information content (AvgIpc) is 3.30. The summed E-state index contributed by atoms with van der Waals surface area (Å²) in [6.07, 6.45) is 4.98. The number of carbonyl (C=O) groups excluding carboxylic acids is 4. The Morgan fingerprint density at radius 2 is 1.84 bits per heavy atom. The number of hydrogen-bond donors (Lipinski definition) is 3. The fourth-order valence-corrected chi connectivity index (χ4v) is 4.93. The lowest BCUT2D eigenvalue weighted by atomic mass is 9.97. The Hall–Kier alpha value is -3.53. The van der Waals surface area contributed by atoms with Crippen molar-refractivity contribution in [3.8, 4) is 0 Å². The van der Waals surface area contributed by atoms with E-state index in [1.165, 1.54) is 0 Å². The molecule has 0 saturated carbocycles. The molecule has 10 nitrogen and oxygen atoms in total. The monoisotopic (exact) mass is 436 g/mol. The zero-order valence-corrected chi connectivity index (χ0v) is 17.5. The summed E-state index contributed by atoms with van der Waals surface area (Å²) < 4.78 is 0. The molecule has 2 atom stereocenters. The Labute approximate surface area is 184 Å². The molecule has 1 aromatic heterocycles.